The highest BCUT2D eigenvalue weighted by Crippen LogP contribution is 2.27. The topological polar surface area (TPSA) is 38.0 Å². The molecule has 0 radical (unpaired) electrons. The van der Waals surface area contributed by atoms with Crippen LogP contribution in [-0.4, -0.2) is 0 Å². The Morgan fingerprint density at radius 3 is 2.12 bits per heavy atom. The lowest BCUT2D eigenvalue weighted by Crippen LogP contribution is -2.29. The highest BCUT2D eigenvalue weighted by atomic mass is 79.9. The zero-order valence-corrected chi connectivity index (χ0v) is 12.1. The minimum atomic E-state index is 0.241. The summed E-state index contributed by atoms with van der Waals surface area (Å²) in [5.41, 5.74) is 6.71. The Bertz CT molecular complexity index is 338. The fourth-order valence-corrected chi connectivity index (χ4v) is 2.18. The van der Waals surface area contributed by atoms with E-state index in [2.05, 4.69) is 61.2 Å². The first kappa shape index (κ1) is 13.7. The van der Waals surface area contributed by atoms with E-state index in [1.807, 2.05) is 0 Å². The van der Waals surface area contributed by atoms with E-state index in [4.69, 9.17) is 5.84 Å². The van der Waals surface area contributed by atoms with E-state index in [9.17, 15) is 0 Å². The summed E-state index contributed by atoms with van der Waals surface area (Å²) in [6.07, 6.45) is 1.05. The van der Waals surface area contributed by atoms with Gasteiger partial charge in [0.1, 0.15) is 0 Å². The number of hydrogen-bond donors (Lipinski definition) is 2. The van der Waals surface area contributed by atoms with Crippen LogP contribution < -0.4 is 11.3 Å². The van der Waals surface area contributed by atoms with Crippen LogP contribution in [-0.2, 0) is 0 Å². The molecule has 90 valence electrons. The molecule has 0 aliphatic rings. The molecule has 1 unspecified atom stereocenters. The van der Waals surface area contributed by atoms with Crippen LogP contribution in [0.5, 0.6) is 0 Å². The molecule has 0 saturated carbocycles. The van der Waals surface area contributed by atoms with E-state index in [-0.39, 0.29) is 6.04 Å². The van der Waals surface area contributed by atoms with Gasteiger partial charge in [-0.15, -0.1) is 0 Å². The molecule has 0 aliphatic heterocycles. The maximum absolute atomic E-state index is 5.63. The van der Waals surface area contributed by atoms with E-state index >= 15 is 0 Å². The lowest BCUT2D eigenvalue weighted by Gasteiger charge is -2.20. The van der Waals surface area contributed by atoms with Gasteiger partial charge in [0.25, 0.3) is 0 Å². The van der Waals surface area contributed by atoms with Crippen LogP contribution in [0, 0.1) is 19.8 Å². The molecule has 2 nitrogen and oxygen atoms in total. The molecule has 3 heteroatoms. The standard InChI is InChI=1S/C13H21BrN2/c1-8(2)5-12(16-15)11-6-9(3)13(14)10(4)7-11/h6-8,12,16H,5,15H2,1-4H3. The second-order valence-corrected chi connectivity index (χ2v) is 5.61. The number of aryl methyl sites for hydroxylation is 2. The highest BCUT2D eigenvalue weighted by Gasteiger charge is 2.13. The summed E-state index contributed by atoms with van der Waals surface area (Å²) < 4.78 is 1.19. The average molecular weight is 285 g/mol. The van der Waals surface area contributed by atoms with Gasteiger partial charge in [0.2, 0.25) is 0 Å². The largest absolute Gasteiger partial charge is 0.271 e. The molecule has 0 bridgehead atoms. The van der Waals surface area contributed by atoms with Gasteiger partial charge in [0, 0.05) is 10.5 Å². The molecule has 0 fully saturated rings. The summed E-state index contributed by atoms with van der Waals surface area (Å²) >= 11 is 3.58. The first-order chi connectivity index (χ1) is 7.45. The molecular formula is C13H21BrN2. The summed E-state index contributed by atoms with van der Waals surface area (Å²) in [6.45, 7) is 8.65. The molecule has 1 rings (SSSR count). The zero-order chi connectivity index (χ0) is 12.3. The summed E-state index contributed by atoms with van der Waals surface area (Å²) in [5.74, 6) is 6.26. The summed E-state index contributed by atoms with van der Waals surface area (Å²) in [6, 6.07) is 4.64. The van der Waals surface area contributed by atoms with Crippen LogP contribution in [0.25, 0.3) is 0 Å². The van der Waals surface area contributed by atoms with Gasteiger partial charge >= 0.3 is 0 Å². The fourth-order valence-electron chi connectivity index (χ4n) is 1.95. The van der Waals surface area contributed by atoms with Crippen LogP contribution in [0.2, 0.25) is 0 Å². The van der Waals surface area contributed by atoms with Gasteiger partial charge in [-0.25, -0.2) is 0 Å². The normalized spacial score (nSPS) is 13.2. The molecule has 0 saturated heterocycles. The third-order valence-electron chi connectivity index (χ3n) is 2.77. The molecule has 0 heterocycles. The van der Waals surface area contributed by atoms with Crippen molar-refractivity contribution in [2.45, 2.75) is 40.2 Å². The Balaban J connectivity index is 3.01. The predicted octanol–water partition coefficient (Wildman–Crippen LogP) is 3.62. The Hall–Kier alpha value is -0.380. The van der Waals surface area contributed by atoms with Crippen LogP contribution in [0.4, 0.5) is 0 Å². The monoisotopic (exact) mass is 284 g/mol. The van der Waals surface area contributed by atoms with Crippen molar-refractivity contribution in [1.82, 2.24) is 5.43 Å². The van der Waals surface area contributed by atoms with Crippen molar-refractivity contribution in [3.8, 4) is 0 Å². The summed E-state index contributed by atoms with van der Waals surface area (Å²) in [5, 5.41) is 0. The summed E-state index contributed by atoms with van der Waals surface area (Å²) in [4.78, 5) is 0. The molecule has 1 aromatic carbocycles. The van der Waals surface area contributed by atoms with Crippen LogP contribution in [0.3, 0.4) is 0 Å². The predicted molar refractivity (Wildman–Crippen MR) is 73.1 cm³/mol. The van der Waals surface area contributed by atoms with Gasteiger partial charge in [0.15, 0.2) is 0 Å². The quantitative estimate of drug-likeness (QED) is 0.655. The third-order valence-corrected chi connectivity index (χ3v) is 4.02. The number of nitrogens with two attached hydrogens (primary N) is 1. The van der Waals surface area contributed by atoms with Gasteiger partial charge < -0.3 is 0 Å². The van der Waals surface area contributed by atoms with Crippen molar-refractivity contribution in [3.05, 3.63) is 33.3 Å². The molecule has 3 N–H and O–H groups in total. The van der Waals surface area contributed by atoms with Crippen molar-refractivity contribution in [2.75, 3.05) is 0 Å². The van der Waals surface area contributed by atoms with Gasteiger partial charge in [-0.1, -0.05) is 41.9 Å². The fraction of sp³-hybridized carbons (Fsp3) is 0.538. The zero-order valence-electron chi connectivity index (χ0n) is 10.5. The molecule has 0 aromatic heterocycles. The molecule has 1 aromatic rings. The Kier molecular flexibility index (Phi) is 4.96. The molecule has 0 amide bonds. The lowest BCUT2D eigenvalue weighted by molar-refractivity contribution is 0.437. The van der Waals surface area contributed by atoms with E-state index < -0.39 is 0 Å². The van der Waals surface area contributed by atoms with Crippen LogP contribution in [0.15, 0.2) is 16.6 Å². The first-order valence-corrected chi connectivity index (χ1v) is 6.47. The van der Waals surface area contributed by atoms with E-state index in [1.165, 1.54) is 21.2 Å². The highest BCUT2D eigenvalue weighted by molar-refractivity contribution is 9.10. The second kappa shape index (κ2) is 5.80. The van der Waals surface area contributed by atoms with Gasteiger partial charge in [-0.2, -0.15) is 0 Å². The maximum Gasteiger partial charge on any atom is 0.0462 e. The summed E-state index contributed by atoms with van der Waals surface area (Å²) in [7, 11) is 0. The number of hydrogen-bond acceptors (Lipinski definition) is 2. The first-order valence-electron chi connectivity index (χ1n) is 5.68. The van der Waals surface area contributed by atoms with Gasteiger partial charge in [0.05, 0.1) is 0 Å². The van der Waals surface area contributed by atoms with Crippen LogP contribution >= 0.6 is 15.9 Å². The smallest absolute Gasteiger partial charge is 0.0462 e. The number of halogens is 1. The third kappa shape index (κ3) is 3.30. The van der Waals surface area contributed by atoms with E-state index in [1.54, 1.807) is 0 Å². The van der Waals surface area contributed by atoms with E-state index in [0.29, 0.717) is 5.92 Å². The molecule has 0 spiro atoms. The van der Waals surface area contributed by atoms with Crippen molar-refractivity contribution in [3.63, 3.8) is 0 Å². The van der Waals surface area contributed by atoms with Gasteiger partial charge in [-0.05, 0) is 42.9 Å². The van der Waals surface area contributed by atoms with E-state index in [0.717, 1.165) is 6.42 Å². The Morgan fingerprint density at radius 1 is 1.25 bits per heavy atom. The SMILES string of the molecule is Cc1cc(C(CC(C)C)NN)cc(C)c1Br. The number of rotatable bonds is 4. The minimum Gasteiger partial charge on any atom is -0.271 e. The number of nitrogens with one attached hydrogen (secondary N) is 1. The van der Waals surface area contributed by atoms with Crippen LogP contribution in [0.1, 0.15) is 43.0 Å². The number of benzene rings is 1. The van der Waals surface area contributed by atoms with Crippen molar-refractivity contribution in [1.29, 1.82) is 0 Å². The lowest BCUT2D eigenvalue weighted by atomic mass is 9.95. The minimum absolute atomic E-state index is 0.241. The Morgan fingerprint density at radius 2 is 1.75 bits per heavy atom. The van der Waals surface area contributed by atoms with Crippen molar-refractivity contribution < 1.29 is 0 Å². The second-order valence-electron chi connectivity index (χ2n) is 4.82. The van der Waals surface area contributed by atoms with Crippen molar-refractivity contribution in [2.24, 2.45) is 11.8 Å². The molecule has 16 heavy (non-hydrogen) atoms. The maximum atomic E-state index is 5.63. The molecule has 1 atom stereocenters. The Labute approximate surface area is 107 Å². The number of hydrazine groups is 1. The average Bonchev–Trinajstić information content (AvgIpc) is 2.21. The molecular weight excluding hydrogens is 264 g/mol. The van der Waals surface area contributed by atoms with Crippen molar-refractivity contribution >= 4 is 15.9 Å². The van der Waals surface area contributed by atoms with Gasteiger partial charge in [-0.3, -0.25) is 11.3 Å². The molecule has 0 aliphatic carbocycles.